The molecule has 18 heavy (non-hydrogen) atoms. The molecule has 0 atom stereocenters. The van der Waals surface area contributed by atoms with E-state index in [1.54, 1.807) is 6.20 Å². The van der Waals surface area contributed by atoms with E-state index < -0.39 is 0 Å². The quantitative estimate of drug-likeness (QED) is 0.727. The third kappa shape index (κ3) is 3.77. The van der Waals surface area contributed by atoms with Gasteiger partial charge in [-0.2, -0.15) is 0 Å². The van der Waals surface area contributed by atoms with Gasteiger partial charge in [-0.1, -0.05) is 13.8 Å². The highest BCUT2D eigenvalue weighted by molar-refractivity contribution is 6.18. The fourth-order valence-electron chi connectivity index (χ4n) is 1.80. The average Bonchev–Trinajstić information content (AvgIpc) is 2.43. The molecule has 0 unspecified atom stereocenters. The molecule has 0 radical (unpaired) electrons. The molecular formula is C14H23ClN2O. The Kier molecular flexibility index (Phi) is 6.27. The highest BCUT2D eigenvalue weighted by Gasteiger charge is 2.25. The van der Waals surface area contributed by atoms with E-state index in [1.807, 2.05) is 19.1 Å². The Morgan fingerprint density at radius 2 is 2.06 bits per heavy atom. The van der Waals surface area contributed by atoms with Crippen LogP contribution < -0.4 is 10.1 Å². The maximum atomic E-state index is 6.10. The van der Waals surface area contributed by atoms with Crippen molar-refractivity contribution in [2.75, 3.05) is 24.3 Å². The number of pyridine rings is 1. The fraction of sp³-hybridized carbons (Fsp3) is 0.643. The molecule has 0 saturated heterocycles. The Balaban J connectivity index is 2.72. The summed E-state index contributed by atoms with van der Waals surface area (Å²) in [5, 5.41) is 3.37. The summed E-state index contributed by atoms with van der Waals surface area (Å²) in [5.41, 5.74) is 0.128. The second-order valence-corrected chi connectivity index (χ2v) is 4.74. The number of ether oxygens (including phenoxy) is 1. The summed E-state index contributed by atoms with van der Waals surface area (Å²) in [6, 6.07) is 3.81. The molecule has 0 amide bonds. The second-order valence-electron chi connectivity index (χ2n) is 4.48. The Morgan fingerprint density at radius 1 is 1.33 bits per heavy atom. The van der Waals surface area contributed by atoms with E-state index in [-0.39, 0.29) is 5.41 Å². The van der Waals surface area contributed by atoms with Crippen molar-refractivity contribution in [3.8, 4) is 5.75 Å². The van der Waals surface area contributed by atoms with Gasteiger partial charge in [0.2, 0.25) is 0 Å². The number of nitrogens with zero attached hydrogens (tertiary/aromatic N) is 1. The van der Waals surface area contributed by atoms with E-state index in [4.69, 9.17) is 16.3 Å². The summed E-state index contributed by atoms with van der Waals surface area (Å²) < 4.78 is 5.55. The molecule has 1 aromatic rings. The molecular weight excluding hydrogens is 248 g/mol. The van der Waals surface area contributed by atoms with Crippen molar-refractivity contribution in [2.45, 2.75) is 33.6 Å². The minimum absolute atomic E-state index is 0.128. The van der Waals surface area contributed by atoms with Crippen molar-refractivity contribution in [3.05, 3.63) is 18.3 Å². The maximum Gasteiger partial charge on any atom is 0.168 e. The third-order valence-corrected chi connectivity index (χ3v) is 4.05. The van der Waals surface area contributed by atoms with Crippen LogP contribution in [0.3, 0.4) is 0 Å². The van der Waals surface area contributed by atoms with Crippen molar-refractivity contribution in [2.24, 2.45) is 5.41 Å². The van der Waals surface area contributed by atoms with Gasteiger partial charge < -0.3 is 10.1 Å². The van der Waals surface area contributed by atoms with Crippen LogP contribution in [0.2, 0.25) is 0 Å². The first-order valence-corrected chi connectivity index (χ1v) is 7.12. The van der Waals surface area contributed by atoms with Gasteiger partial charge in [-0.3, -0.25) is 0 Å². The number of hydrogen-bond donors (Lipinski definition) is 1. The fourth-order valence-corrected chi connectivity index (χ4v) is 2.28. The van der Waals surface area contributed by atoms with E-state index in [2.05, 4.69) is 24.1 Å². The third-order valence-electron chi connectivity index (χ3n) is 3.48. The molecule has 0 aliphatic carbocycles. The molecule has 0 aliphatic heterocycles. The zero-order valence-corrected chi connectivity index (χ0v) is 12.3. The molecule has 1 aromatic heterocycles. The molecule has 0 fully saturated rings. The predicted molar refractivity (Wildman–Crippen MR) is 77.6 cm³/mol. The lowest BCUT2D eigenvalue weighted by atomic mass is 9.84. The van der Waals surface area contributed by atoms with Crippen LogP contribution in [0, 0.1) is 5.41 Å². The molecule has 1 heterocycles. The van der Waals surface area contributed by atoms with Gasteiger partial charge in [-0.15, -0.1) is 11.6 Å². The van der Waals surface area contributed by atoms with Crippen molar-refractivity contribution >= 4 is 17.4 Å². The van der Waals surface area contributed by atoms with Crippen LogP contribution in [0.25, 0.3) is 0 Å². The van der Waals surface area contributed by atoms with Gasteiger partial charge in [0, 0.05) is 24.0 Å². The standard InChI is InChI=1S/C14H23ClN2O/c1-4-14(5-2,10-15)11-17-13-12(18-6-3)8-7-9-16-13/h7-9H,4-6,10-11H2,1-3H3,(H,16,17). The second kappa shape index (κ2) is 7.47. The molecule has 1 rings (SSSR count). The van der Waals surface area contributed by atoms with Gasteiger partial charge in [-0.05, 0) is 31.9 Å². The van der Waals surface area contributed by atoms with Crippen LogP contribution in [0.15, 0.2) is 18.3 Å². The minimum atomic E-state index is 0.128. The van der Waals surface area contributed by atoms with Gasteiger partial charge in [-0.25, -0.2) is 4.98 Å². The van der Waals surface area contributed by atoms with Crippen LogP contribution in [0.5, 0.6) is 5.75 Å². The minimum Gasteiger partial charge on any atom is -0.490 e. The van der Waals surface area contributed by atoms with E-state index >= 15 is 0 Å². The molecule has 0 saturated carbocycles. The average molecular weight is 271 g/mol. The van der Waals surface area contributed by atoms with Crippen LogP contribution >= 0.6 is 11.6 Å². The first-order valence-electron chi connectivity index (χ1n) is 6.59. The van der Waals surface area contributed by atoms with Gasteiger partial charge in [0.25, 0.3) is 0 Å². The van der Waals surface area contributed by atoms with Gasteiger partial charge in [0.1, 0.15) is 0 Å². The molecule has 0 spiro atoms. The zero-order chi connectivity index (χ0) is 13.4. The Hall–Kier alpha value is -0.960. The number of nitrogens with one attached hydrogen (secondary N) is 1. The number of rotatable bonds is 8. The van der Waals surface area contributed by atoms with Crippen molar-refractivity contribution in [1.29, 1.82) is 0 Å². The summed E-state index contributed by atoms with van der Waals surface area (Å²) in [5.74, 6) is 2.26. The maximum absolute atomic E-state index is 6.10. The first kappa shape index (κ1) is 15.1. The smallest absolute Gasteiger partial charge is 0.168 e. The Morgan fingerprint density at radius 3 is 2.61 bits per heavy atom. The number of anilines is 1. The van der Waals surface area contributed by atoms with E-state index in [1.165, 1.54) is 0 Å². The summed E-state index contributed by atoms with van der Waals surface area (Å²) in [6.45, 7) is 7.78. The van der Waals surface area contributed by atoms with Gasteiger partial charge >= 0.3 is 0 Å². The summed E-state index contributed by atoms with van der Waals surface area (Å²) in [7, 11) is 0. The van der Waals surface area contributed by atoms with Crippen LogP contribution in [-0.4, -0.2) is 24.0 Å². The molecule has 4 heteroatoms. The highest BCUT2D eigenvalue weighted by Crippen LogP contribution is 2.30. The SMILES string of the molecule is CCOc1cccnc1NCC(CC)(CC)CCl. The molecule has 102 valence electrons. The number of halogens is 1. The molecule has 0 bridgehead atoms. The molecule has 1 N–H and O–H groups in total. The summed E-state index contributed by atoms with van der Waals surface area (Å²) in [4.78, 5) is 4.32. The van der Waals surface area contributed by atoms with E-state index in [0.29, 0.717) is 12.5 Å². The molecule has 0 aromatic carbocycles. The predicted octanol–water partition coefficient (Wildman–Crippen LogP) is 3.94. The van der Waals surface area contributed by atoms with Gasteiger partial charge in [0.05, 0.1) is 6.61 Å². The van der Waals surface area contributed by atoms with Crippen LogP contribution in [0.1, 0.15) is 33.6 Å². The molecule has 3 nitrogen and oxygen atoms in total. The van der Waals surface area contributed by atoms with Crippen LogP contribution in [-0.2, 0) is 0 Å². The van der Waals surface area contributed by atoms with Crippen molar-refractivity contribution in [3.63, 3.8) is 0 Å². The topological polar surface area (TPSA) is 34.1 Å². The number of alkyl halides is 1. The number of hydrogen-bond acceptors (Lipinski definition) is 3. The first-order chi connectivity index (χ1) is 8.71. The normalized spacial score (nSPS) is 11.3. The largest absolute Gasteiger partial charge is 0.490 e. The van der Waals surface area contributed by atoms with Crippen molar-refractivity contribution in [1.82, 2.24) is 4.98 Å². The van der Waals surface area contributed by atoms with Crippen molar-refractivity contribution < 1.29 is 4.74 Å². The van der Waals surface area contributed by atoms with Gasteiger partial charge in [0.15, 0.2) is 11.6 Å². The summed E-state index contributed by atoms with van der Waals surface area (Å²) >= 11 is 6.10. The van der Waals surface area contributed by atoms with E-state index in [0.717, 1.165) is 31.0 Å². The lowest BCUT2D eigenvalue weighted by Crippen LogP contribution is -2.30. The molecule has 0 aliphatic rings. The lowest BCUT2D eigenvalue weighted by molar-refractivity contribution is 0.322. The van der Waals surface area contributed by atoms with Crippen LogP contribution in [0.4, 0.5) is 5.82 Å². The Bertz CT molecular complexity index is 345. The Labute approximate surface area is 115 Å². The summed E-state index contributed by atoms with van der Waals surface area (Å²) in [6.07, 6.45) is 3.87. The zero-order valence-electron chi connectivity index (χ0n) is 11.5. The number of aromatic nitrogens is 1. The lowest BCUT2D eigenvalue weighted by Gasteiger charge is -2.29. The monoisotopic (exact) mass is 270 g/mol. The van der Waals surface area contributed by atoms with E-state index in [9.17, 15) is 0 Å². The highest BCUT2D eigenvalue weighted by atomic mass is 35.5.